The molecule has 55 heavy (non-hydrogen) atoms. The van der Waals surface area contributed by atoms with Crippen LogP contribution in [0, 0.1) is 35.0 Å². The number of hydrogen-bond acceptors (Lipinski definition) is 6. The van der Waals surface area contributed by atoms with Crippen molar-refractivity contribution in [1.29, 1.82) is 0 Å². The van der Waals surface area contributed by atoms with E-state index in [1.165, 1.54) is 29.4 Å². The first-order valence-electron chi connectivity index (χ1n) is 21.0. The number of carbonyl (C=O) groups excluding carboxylic acids is 2. The van der Waals surface area contributed by atoms with Crippen LogP contribution in [0.2, 0.25) is 0 Å². The van der Waals surface area contributed by atoms with E-state index in [4.69, 9.17) is 4.74 Å². The van der Waals surface area contributed by atoms with E-state index in [0.29, 0.717) is 59.3 Å². The fourth-order valence-corrected chi connectivity index (χ4v) is 12.7. The normalized spacial score (nSPS) is 26.4. The fourth-order valence-electron chi connectivity index (χ4n) is 11.3. The first-order valence-corrected chi connectivity index (χ1v) is 22.4. The molecule has 3 amide bonds. The number of aromatic nitrogens is 1. The summed E-state index contributed by atoms with van der Waals surface area (Å²) in [5.74, 6) is 4.66. The standard InChI is InChI=1S/C44H60N4O6S/c1-29(2)33-8-10-38(11-9-33)55(52,53)48-21-16-39-40(48)6-5-7-41(39)54-28-37(49)27-47(30(3)4)43(51)46-19-14-35(15-20-46)34-12-17-45(18-13-34)42(50)44-25-31-22-32(26-44)24-36(44)23-31/h5-11,16,21,29-32,34-37,49H,12-15,17-20,22-28H2,1-4H3. The molecule has 298 valence electrons. The van der Waals surface area contributed by atoms with Crippen LogP contribution in [-0.2, 0) is 14.8 Å². The van der Waals surface area contributed by atoms with Gasteiger partial charge in [0.05, 0.1) is 22.4 Å². The van der Waals surface area contributed by atoms with Gasteiger partial charge in [-0.15, -0.1) is 0 Å². The molecule has 6 fully saturated rings. The minimum atomic E-state index is -3.83. The number of fused-ring (bicyclic) bond motifs is 1. The molecule has 0 spiro atoms. The van der Waals surface area contributed by atoms with Crippen LogP contribution >= 0.6 is 0 Å². The molecule has 1 aromatic heterocycles. The Hall–Kier alpha value is -3.57. The zero-order chi connectivity index (χ0) is 38.6. The summed E-state index contributed by atoms with van der Waals surface area (Å²) in [6, 6.07) is 13.8. The monoisotopic (exact) mass is 772 g/mol. The second-order valence-corrected chi connectivity index (χ2v) is 20.0. The molecular formula is C44H60N4O6S. The van der Waals surface area contributed by atoms with Crippen molar-refractivity contribution in [2.75, 3.05) is 39.3 Å². The van der Waals surface area contributed by atoms with Gasteiger partial charge in [0.2, 0.25) is 5.91 Å². The van der Waals surface area contributed by atoms with Crippen molar-refractivity contribution in [3.63, 3.8) is 0 Å². The summed E-state index contributed by atoms with van der Waals surface area (Å²) in [4.78, 5) is 33.8. The van der Waals surface area contributed by atoms with E-state index in [1.807, 2.05) is 30.9 Å². The van der Waals surface area contributed by atoms with E-state index in [0.717, 1.165) is 69.0 Å². The molecule has 3 heterocycles. The van der Waals surface area contributed by atoms with Crippen LogP contribution in [0.1, 0.15) is 97.0 Å². The summed E-state index contributed by atoms with van der Waals surface area (Å²) < 4.78 is 34.5. The van der Waals surface area contributed by atoms with Gasteiger partial charge in [-0.1, -0.05) is 32.0 Å². The highest BCUT2D eigenvalue weighted by molar-refractivity contribution is 7.90. The number of carbonyl (C=O) groups is 2. The average Bonchev–Trinajstić information content (AvgIpc) is 3.82. The lowest BCUT2D eigenvalue weighted by atomic mass is 9.73. The number of benzene rings is 2. The third-order valence-electron chi connectivity index (χ3n) is 14.2. The van der Waals surface area contributed by atoms with Gasteiger partial charge in [-0.3, -0.25) is 4.79 Å². The van der Waals surface area contributed by atoms with Gasteiger partial charge in [0.25, 0.3) is 10.0 Å². The Morgan fingerprint density at radius 2 is 1.47 bits per heavy atom. The van der Waals surface area contributed by atoms with Gasteiger partial charge >= 0.3 is 6.03 Å². The lowest BCUT2D eigenvalue weighted by Gasteiger charge is -2.44. The number of ether oxygens (including phenoxy) is 1. The van der Waals surface area contributed by atoms with Gasteiger partial charge in [-0.25, -0.2) is 17.2 Å². The number of piperidine rings is 2. The number of likely N-dealkylation sites (tertiary alicyclic amines) is 2. The first-order chi connectivity index (χ1) is 26.3. The maximum Gasteiger partial charge on any atom is 0.320 e. The SMILES string of the molecule is CC(C)c1ccc(S(=O)(=O)n2ccc3c(OCC(O)CN(C(=O)N4CCC(C5CCN(C(=O)C67CC8CC(CC6C8)C7)CC5)CC4)C(C)C)cccc32)cc1. The number of amides is 3. The zero-order valence-corrected chi connectivity index (χ0v) is 33.9. The molecule has 4 saturated carbocycles. The van der Waals surface area contributed by atoms with Gasteiger partial charge in [-0.05, 0) is 143 Å². The lowest BCUT2D eigenvalue weighted by molar-refractivity contribution is -0.146. The van der Waals surface area contributed by atoms with Gasteiger partial charge in [0.15, 0.2) is 0 Å². The molecule has 4 aliphatic carbocycles. The molecule has 4 bridgehead atoms. The Kier molecular flexibility index (Phi) is 10.5. The summed E-state index contributed by atoms with van der Waals surface area (Å²) in [5, 5.41) is 11.8. The highest BCUT2D eigenvalue weighted by Crippen LogP contribution is 2.66. The van der Waals surface area contributed by atoms with Crippen molar-refractivity contribution in [3.8, 4) is 5.75 Å². The molecule has 2 saturated heterocycles. The van der Waals surface area contributed by atoms with Crippen molar-refractivity contribution < 1.29 is 27.9 Å². The molecule has 3 aromatic rings. The smallest absolute Gasteiger partial charge is 0.320 e. The van der Waals surface area contributed by atoms with E-state index in [-0.39, 0.29) is 35.5 Å². The predicted molar refractivity (Wildman–Crippen MR) is 213 cm³/mol. The Morgan fingerprint density at radius 1 is 0.855 bits per heavy atom. The molecular weight excluding hydrogens is 713 g/mol. The van der Waals surface area contributed by atoms with Crippen molar-refractivity contribution in [1.82, 2.24) is 18.7 Å². The fraction of sp³-hybridized carbons (Fsp3) is 0.636. The number of hydrogen-bond donors (Lipinski definition) is 1. The maximum atomic E-state index is 13.9. The van der Waals surface area contributed by atoms with Gasteiger partial charge in [0, 0.05) is 43.8 Å². The van der Waals surface area contributed by atoms with Crippen LogP contribution in [0.4, 0.5) is 4.79 Å². The summed E-state index contributed by atoms with van der Waals surface area (Å²) in [5.41, 5.74) is 1.53. The summed E-state index contributed by atoms with van der Waals surface area (Å²) in [7, 11) is -3.83. The average molecular weight is 773 g/mol. The molecule has 2 aromatic carbocycles. The molecule has 2 aliphatic heterocycles. The van der Waals surface area contributed by atoms with E-state index in [2.05, 4.69) is 18.7 Å². The van der Waals surface area contributed by atoms with Crippen molar-refractivity contribution in [2.45, 2.75) is 108 Å². The molecule has 6 aliphatic rings. The molecule has 9 rings (SSSR count). The highest BCUT2D eigenvalue weighted by atomic mass is 32.2. The highest BCUT2D eigenvalue weighted by Gasteiger charge is 2.62. The lowest BCUT2D eigenvalue weighted by Crippen LogP contribution is -2.53. The molecule has 3 atom stereocenters. The Labute approximate surface area is 327 Å². The van der Waals surface area contributed by atoms with Gasteiger partial charge in [0.1, 0.15) is 18.5 Å². The Morgan fingerprint density at radius 3 is 2.07 bits per heavy atom. The van der Waals surface area contributed by atoms with E-state index in [1.54, 1.807) is 41.3 Å². The van der Waals surface area contributed by atoms with Crippen LogP contribution < -0.4 is 4.74 Å². The Balaban J connectivity index is 0.825. The first kappa shape index (κ1) is 38.3. The van der Waals surface area contributed by atoms with Crippen molar-refractivity contribution in [2.24, 2.45) is 35.0 Å². The third kappa shape index (κ3) is 7.17. The zero-order valence-electron chi connectivity index (χ0n) is 33.1. The van der Waals surface area contributed by atoms with Crippen molar-refractivity contribution in [3.05, 3.63) is 60.3 Å². The van der Waals surface area contributed by atoms with Crippen LogP contribution in [0.5, 0.6) is 5.75 Å². The van der Waals surface area contributed by atoms with Crippen LogP contribution in [0.15, 0.2) is 59.6 Å². The Bertz CT molecular complexity index is 1960. The number of rotatable bonds is 11. The van der Waals surface area contributed by atoms with Gasteiger partial charge in [-0.2, -0.15) is 0 Å². The molecule has 10 nitrogen and oxygen atoms in total. The van der Waals surface area contributed by atoms with E-state index in [9.17, 15) is 23.1 Å². The maximum absolute atomic E-state index is 13.9. The quantitative estimate of drug-likeness (QED) is 0.218. The molecule has 3 unspecified atom stereocenters. The topological polar surface area (TPSA) is 112 Å². The van der Waals surface area contributed by atoms with Crippen LogP contribution in [0.25, 0.3) is 10.9 Å². The number of urea groups is 1. The number of aliphatic hydroxyl groups is 1. The predicted octanol–water partition coefficient (Wildman–Crippen LogP) is 7.35. The second kappa shape index (κ2) is 15.1. The third-order valence-corrected chi connectivity index (χ3v) is 15.9. The minimum Gasteiger partial charge on any atom is -0.490 e. The van der Waals surface area contributed by atoms with E-state index >= 15 is 0 Å². The number of nitrogens with zero attached hydrogens (tertiary/aromatic N) is 4. The number of aliphatic hydroxyl groups excluding tert-OH is 1. The van der Waals surface area contributed by atoms with Crippen molar-refractivity contribution >= 4 is 32.9 Å². The largest absolute Gasteiger partial charge is 0.490 e. The minimum absolute atomic E-state index is 0.0264. The second-order valence-electron chi connectivity index (χ2n) is 18.2. The van der Waals surface area contributed by atoms with Crippen LogP contribution in [0.3, 0.4) is 0 Å². The molecule has 11 heteroatoms. The van der Waals surface area contributed by atoms with Crippen LogP contribution in [-0.4, -0.2) is 95.6 Å². The van der Waals surface area contributed by atoms with E-state index < -0.39 is 16.1 Å². The summed E-state index contributed by atoms with van der Waals surface area (Å²) in [6.45, 7) is 11.3. The molecule has 0 radical (unpaired) electrons. The summed E-state index contributed by atoms with van der Waals surface area (Å²) >= 11 is 0. The van der Waals surface area contributed by atoms with Gasteiger partial charge < -0.3 is 24.5 Å². The molecule has 1 N–H and O–H groups in total. The summed E-state index contributed by atoms with van der Waals surface area (Å²) in [6.07, 6.45) is 10.9.